The van der Waals surface area contributed by atoms with Crippen LogP contribution in [-0.4, -0.2) is 38.8 Å². The van der Waals surface area contributed by atoms with E-state index in [0.29, 0.717) is 12.6 Å². The van der Waals surface area contributed by atoms with Crippen molar-refractivity contribution in [3.8, 4) is 0 Å². The van der Waals surface area contributed by atoms with Crippen LogP contribution < -0.4 is 0 Å². The predicted molar refractivity (Wildman–Crippen MR) is 65.2 cm³/mol. The van der Waals surface area contributed by atoms with E-state index in [9.17, 15) is 5.11 Å². The zero-order chi connectivity index (χ0) is 12.3. The Hall–Kier alpha value is -0.870. The Morgan fingerprint density at radius 1 is 1.50 bits per heavy atom. The Balaban J connectivity index is 2.63. The lowest BCUT2D eigenvalue weighted by Crippen LogP contribution is -2.36. The standard InChI is InChI=1S/C12H23N3O/c1-10(2)15-9-13-6-11(15)7-14(5)8-12(3,4)16/h6,9-10,16H,7-8H2,1-5H3. The minimum atomic E-state index is -0.655. The van der Waals surface area contributed by atoms with Crippen molar-refractivity contribution in [2.24, 2.45) is 0 Å². The molecule has 1 aromatic rings. The van der Waals surface area contributed by atoms with E-state index in [1.807, 2.05) is 33.4 Å². The molecular formula is C12H23N3O. The van der Waals surface area contributed by atoms with E-state index in [2.05, 4.69) is 28.3 Å². The van der Waals surface area contributed by atoms with Crippen molar-refractivity contribution < 1.29 is 5.11 Å². The van der Waals surface area contributed by atoms with Crippen molar-refractivity contribution in [2.75, 3.05) is 13.6 Å². The molecule has 0 aliphatic carbocycles. The molecule has 92 valence electrons. The minimum Gasteiger partial charge on any atom is -0.389 e. The van der Waals surface area contributed by atoms with Gasteiger partial charge in [0.25, 0.3) is 0 Å². The zero-order valence-electron chi connectivity index (χ0n) is 10.9. The van der Waals surface area contributed by atoms with Gasteiger partial charge in [0, 0.05) is 25.3 Å². The summed E-state index contributed by atoms with van der Waals surface area (Å²) in [6.45, 7) is 9.38. The molecule has 0 atom stereocenters. The number of hydrogen-bond donors (Lipinski definition) is 1. The van der Waals surface area contributed by atoms with Gasteiger partial charge in [-0.1, -0.05) is 0 Å². The molecule has 0 bridgehead atoms. The van der Waals surface area contributed by atoms with Gasteiger partial charge < -0.3 is 9.67 Å². The van der Waals surface area contributed by atoms with Gasteiger partial charge in [0.1, 0.15) is 0 Å². The van der Waals surface area contributed by atoms with Crippen molar-refractivity contribution >= 4 is 0 Å². The van der Waals surface area contributed by atoms with Crippen molar-refractivity contribution in [1.29, 1.82) is 0 Å². The highest BCUT2D eigenvalue weighted by Gasteiger charge is 2.16. The molecule has 1 heterocycles. The number of nitrogens with zero attached hydrogens (tertiary/aromatic N) is 3. The molecule has 0 spiro atoms. The lowest BCUT2D eigenvalue weighted by atomic mass is 10.1. The normalized spacial score (nSPS) is 12.8. The maximum absolute atomic E-state index is 9.73. The third kappa shape index (κ3) is 3.94. The van der Waals surface area contributed by atoms with Crippen LogP contribution in [0.1, 0.15) is 39.4 Å². The molecule has 0 fully saturated rings. The van der Waals surface area contributed by atoms with Crippen LogP contribution in [0.15, 0.2) is 12.5 Å². The maximum atomic E-state index is 9.73. The van der Waals surface area contributed by atoms with E-state index in [0.717, 1.165) is 6.54 Å². The number of aromatic nitrogens is 2. The first-order valence-electron chi connectivity index (χ1n) is 5.71. The van der Waals surface area contributed by atoms with Gasteiger partial charge in [-0.05, 0) is 34.7 Å². The number of aliphatic hydroxyl groups is 1. The molecule has 4 nitrogen and oxygen atoms in total. The number of likely N-dealkylation sites (N-methyl/N-ethyl adjacent to an activating group) is 1. The van der Waals surface area contributed by atoms with Gasteiger partial charge in [-0.25, -0.2) is 4.98 Å². The summed E-state index contributed by atoms with van der Waals surface area (Å²) in [5.41, 5.74) is 0.527. The fourth-order valence-corrected chi connectivity index (χ4v) is 1.91. The average molecular weight is 225 g/mol. The summed E-state index contributed by atoms with van der Waals surface area (Å²) in [5.74, 6) is 0. The predicted octanol–water partition coefficient (Wildman–Crippen LogP) is 1.67. The fourth-order valence-electron chi connectivity index (χ4n) is 1.91. The van der Waals surface area contributed by atoms with E-state index in [1.165, 1.54) is 5.69 Å². The summed E-state index contributed by atoms with van der Waals surface area (Å²) in [5, 5.41) is 9.73. The monoisotopic (exact) mass is 225 g/mol. The molecule has 4 heteroatoms. The number of rotatable bonds is 5. The van der Waals surface area contributed by atoms with Crippen LogP contribution in [0.5, 0.6) is 0 Å². The summed E-state index contributed by atoms with van der Waals surface area (Å²) >= 11 is 0. The van der Waals surface area contributed by atoms with Crippen LogP contribution in [0.4, 0.5) is 0 Å². The molecular weight excluding hydrogens is 202 g/mol. The van der Waals surface area contributed by atoms with Gasteiger partial charge in [-0.15, -0.1) is 0 Å². The molecule has 0 amide bonds. The molecule has 16 heavy (non-hydrogen) atoms. The van der Waals surface area contributed by atoms with Crippen LogP contribution >= 0.6 is 0 Å². The average Bonchev–Trinajstić information content (AvgIpc) is 2.47. The second-order valence-corrected chi connectivity index (χ2v) is 5.37. The Labute approximate surface area is 97.9 Å². The Morgan fingerprint density at radius 2 is 2.12 bits per heavy atom. The van der Waals surface area contributed by atoms with E-state index in [-0.39, 0.29) is 0 Å². The van der Waals surface area contributed by atoms with Crippen molar-refractivity contribution in [2.45, 2.75) is 45.9 Å². The highest BCUT2D eigenvalue weighted by Crippen LogP contribution is 2.12. The van der Waals surface area contributed by atoms with Crippen LogP contribution in [0.2, 0.25) is 0 Å². The van der Waals surface area contributed by atoms with Gasteiger partial charge in [-0.3, -0.25) is 4.90 Å². The first kappa shape index (κ1) is 13.2. The minimum absolute atomic E-state index is 0.424. The second kappa shape index (κ2) is 4.97. The maximum Gasteiger partial charge on any atom is 0.0951 e. The van der Waals surface area contributed by atoms with Crippen molar-refractivity contribution in [1.82, 2.24) is 14.5 Å². The van der Waals surface area contributed by atoms with Gasteiger partial charge >= 0.3 is 0 Å². The Morgan fingerprint density at radius 3 is 2.62 bits per heavy atom. The smallest absolute Gasteiger partial charge is 0.0951 e. The van der Waals surface area contributed by atoms with Gasteiger partial charge in [-0.2, -0.15) is 0 Å². The summed E-state index contributed by atoms with van der Waals surface area (Å²) in [6, 6.07) is 0.424. The van der Waals surface area contributed by atoms with Crippen molar-refractivity contribution in [3.05, 3.63) is 18.2 Å². The summed E-state index contributed by atoms with van der Waals surface area (Å²) < 4.78 is 2.15. The Bertz CT molecular complexity index is 325. The fraction of sp³-hybridized carbons (Fsp3) is 0.750. The largest absolute Gasteiger partial charge is 0.389 e. The molecule has 0 unspecified atom stereocenters. The first-order chi connectivity index (χ1) is 7.29. The van der Waals surface area contributed by atoms with E-state index < -0.39 is 5.60 Å². The Kier molecular flexibility index (Phi) is 4.10. The van der Waals surface area contributed by atoms with Crippen LogP contribution in [0.25, 0.3) is 0 Å². The van der Waals surface area contributed by atoms with E-state index in [1.54, 1.807) is 0 Å². The lowest BCUT2D eigenvalue weighted by molar-refractivity contribution is 0.0418. The van der Waals surface area contributed by atoms with Crippen LogP contribution in [0.3, 0.4) is 0 Å². The van der Waals surface area contributed by atoms with E-state index >= 15 is 0 Å². The summed E-state index contributed by atoms with van der Waals surface area (Å²) in [6.07, 6.45) is 3.75. The van der Waals surface area contributed by atoms with E-state index in [4.69, 9.17) is 0 Å². The molecule has 1 aromatic heterocycles. The number of hydrogen-bond acceptors (Lipinski definition) is 3. The van der Waals surface area contributed by atoms with Crippen LogP contribution in [-0.2, 0) is 6.54 Å². The third-order valence-corrected chi connectivity index (χ3v) is 2.39. The highest BCUT2D eigenvalue weighted by atomic mass is 16.3. The summed E-state index contributed by atoms with van der Waals surface area (Å²) in [4.78, 5) is 6.27. The quantitative estimate of drug-likeness (QED) is 0.828. The molecule has 1 N–H and O–H groups in total. The molecule has 1 rings (SSSR count). The van der Waals surface area contributed by atoms with Crippen molar-refractivity contribution in [3.63, 3.8) is 0 Å². The number of imidazole rings is 1. The zero-order valence-corrected chi connectivity index (χ0v) is 10.9. The SMILES string of the molecule is CC(C)n1cncc1CN(C)CC(C)(C)O. The summed E-state index contributed by atoms with van der Waals surface area (Å²) in [7, 11) is 2.01. The van der Waals surface area contributed by atoms with Crippen LogP contribution in [0, 0.1) is 0 Å². The highest BCUT2D eigenvalue weighted by molar-refractivity contribution is 4.99. The molecule has 0 saturated heterocycles. The van der Waals surface area contributed by atoms with Gasteiger partial charge in [0.2, 0.25) is 0 Å². The molecule has 0 aliphatic heterocycles. The molecule has 0 aromatic carbocycles. The molecule has 0 saturated carbocycles. The lowest BCUT2D eigenvalue weighted by Gasteiger charge is -2.26. The second-order valence-electron chi connectivity index (χ2n) is 5.37. The van der Waals surface area contributed by atoms with Gasteiger partial charge in [0.15, 0.2) is 0 Å². The molecule has 0 aliphatic rings. The third-order valence-electron chi connectivity index (χ3n) is 2.39. The topological polar surface area (TPSA) is 41.3 Å². The van der Waals surface area contributed by atoms with Gasteiger partial charge in [0.05, 0.1) is 17.6 Å². The first-order valence-corrected chi connectivity index (χ1v) is 5.71. The molecule has 0 radical (unpaired) electrons.